The number of nitrogens with zero attached hydrogens (tertiary/aromatic N) is 3. The summed E-state index contributed by atoms with van der Waals surface area (Å²) in [5.74, 6) is -1.24. The minimum atomic E-state index is -4.66. The van der Waals surface area contributed by atoms with Crippen LogP contribution in [-0.2, 0) is 25.7 Å². The number of benzene rings is 1. The van der Waals surface area contributed by atoms with Crippen LogP contribution in [0.5, 0.6) is 0 Å². The van der Waals surface area contributed by atoms with E-state index < -0.39 is 17.6 Å². The van der Waals surface area contributed by atoms with Crippen LogP contribution in [0.3, 0.4) is 0 Å². The van der Waals surface area contributed by atoms with Gasteiger partial charge in [0.05, 0.1) is 22.9 Å². The van der Waals surface area contributed by atoms with E-state index in [1.54, 1.807) is 12.1 Å². The molecule has 0 saturated heterocycles. The summed E-state index contributed by atoms with van der Waals surface area (Å²) in [6.07, 6.45) is -4.37. The molecule has 0 amide bonds. The van der Waals surface area contributed by atoms with E-state index in [9.17, 15) is 18.0 Å². The number of nitriles is 1. The number of aromatic nitrogens is 2. The Morgan fingerprint density at radius 3 is 2.62 bits per heavy atom. The summed E-state index contributed by atoms with van der Waals surface area (Å²) in [4.78, 5) is 19.3. The molecule has 1 aromatic heterocycles. The van der Waals surface area contributed by atoms with Gasteiger partial charge in [0.15, 0.2) is 0 Å². The Morgan fingerprint density at radius 1 is 1.29 bits per heavy atom. The van der Waals surface area contributed by atoms with Crippen LogP contribution >= 0.6 is 0 Å². The minimum absolute atomic E-state index is 0.210. The highest BCUT2D eigenvalue weighted by atomic mass is 19.4. The summed E-state index contributed by atoms with van der Waals surface area (Å²) in [7, 11) is 0. The zero-order valence-electron chi connectivity index (χ0n) is 12.5. The van der Waals surface area contributed by atoms with Crippen LogP contribution < -0.4 is 5.56 Å². The van der Waals surface area contributed by atoms with Crippen LogP contribution in [-0.4, -0.2) is 21.4 Å². The molecule has 0 radical (unpaired) electrons. The van der Waals surface area contributed by atoms with E-state index in [2.05, 4.69) is 4.98 Å². The molecule has 0 spiro atoms. The molecule has 1 aliphatic heterocycles. The van der Waals surface area contributed by atoms with Crippen molar-refractivity contribution >= 4 is 0 Å². The molecule has 124 valence electrons. The van der Waals surface area contributed by atoms with E-state index in [1.807, 2.05) is 28.1 Å². The second-order valence-electron chi connectivity index (χ2n) is 5.61. The zero-order chi connectivity index (χ0) is 17.3. The Labute approximate surface area is 135 Å². The number of H-pyrrole nitrogens is 1. The Kier molecular flexibility index (Phi) is 4.11. The fraction of sp³-hybridized carbons (Fsp3) is 0.312. The lowest BCUT2D eigenvalue weighted by Crippen LogP contribution is -2.36. The highest BCUT2D eigenvalue weighted by Crippen LogP contribution is 2.26. The van der Waals surface area contributed by atoms with Crippen LogP contribution in [0, 0.1) is 11.3 Å². The second kappa shape index (κ2) is 6.09. The van der Waals surface area contributed by atoms with Crippen molar-refractivity contribution in [3.8, 4) is 6.07 Å². The number of nitrogens with one attached hydrogen (secondary N) is 1. The molecule has 24 heavy (non-hydrogen) atoms. The average Bonchev–Trinajstić information content (AvgIpc) is 2.55. The molecule has 1 aromatic carbocycles. The van der Waals surface area contributed by atoms with Gasteiger partial charge in [0.25, 0.3) is 5.56 Å². The van der Waals surface area contributed by atoms with E-state index >= 15 is 0 Å². The molecule has 1 N–H and O–H groups in total. The Balaban J connectivity index is 1.79. The van der Waals surface area contributed by atoms with Gasteiger partial charge in [0.2, 0.25) is 5.82 Å². The largest absolute Gasteiger partial charge is 0.449 e. The lowest BCUT2D eigenvalue weighted by atomic mass is 10.1. The number of rotatable bonds is 2. The summed E-state index contributed by atoms with van der Waals surface area (Å²) in [6, 6.07) is 9.09. The number of fused-ring (bicyclic) bond motifs is 1. The standard InChI is InChI=1S/C16H13F3N4O/c17-16(18,19)15-21-13-5-6-23(9-12(13)14(24)22-15)8-11-3-1-10(7-20)2-4-11/h1-4H,5-6,8-9H2,(H,21,22,24). The normalized spacial score (nSPS) is 14.9. The molecule has 0 atom stereocenters. The fourth-order valence-electron chi connectivity index (χ4n) is 2.69. The van der Waals surface area contributed by atoms with Gasteiger partial charge in [-0.3, -0.25) is 9.69 Å². The maximum Gasteiger partial charge on any atom is 0.449 e. The molecule has 0 saturated carbocycles. The van der Waals surface area contributed by atoms with Crippen molar-refractivity contribution < 1.29 is 13.2 Å². The number of hydrogen-bond donors (Lipinski definition) is 1. The molecule has 0 aliphatic carbocycles. The third kappa shape index (κ3) is 3.31. The van der Waals surface area contributed by atoms with Crippen molar-refractivity contribution in [3.05, 3.63) is 62.8 Å². The van der Waals surface area contributed by atoms with Crippen LogP contribution in [0.4, 0.5) is 13.2 Å². The first-order valence-corrected chi connectivity index (χ1v) is 7.27. The smallest absolute Gasteiger partial charge is 0.303 e. The van der Waals surface area contributed by atoms with Gasteiger partial charge in [-0.1, -0.05) is 12.1 Å². The van der Waals surface area contributed by atoms with Gasteiger partial charge >= 0.3 is 6.18 Å². The summed E-state index contributed by atoms with van der Waals surface area (Å²) in [5, 5.41) is 8.78. The topological polar surface area (TPSA) is 72.8 Å². The van der Waals surface area contributed by atoms with Crippen molar-refractivity contribution in [2.45, 2.75) is 25.7 Å². The summed E-state index contributed by atoms with van der Waals surface area (Å²) >= 11 is 0. The molecule has 5 nitrogen and oxygen atoms in total. The summed E-state index contributed by atoms with van der Waals surface area (Å²) in [6.45, 7) is 1.31. The van der Waals surface area contributed by atoms with Crippen molar-refractivity contribution in [2.75, 3.05) is 6.54 Å². The molecular formula is C16H13F3N4O. The highest BCUT2D eigenvalue weighted by molar-refractivity contribution is 5.31. The lowest BCUT2D eigenvalue weighted by Gasteiger charge is -2.27. The number of aromatic amines is 1. The Bertz CT molecular complexity index is 850. The van der Waals surface area contributed by atoms with Crippen molar-refractivity contribution in [3.63, 3.8) is 0 Å². The fourth-order valence-corrected chi connectivity index (χ4v) is 2.69. The minimum Gasteiger partial charge on any atom is -0.303 e. The molecule has 0 bridgehead atoms. The summed E-state index contributed by atoms with van der Waals surface area (Å²) < 4.78 is 38.1. The lowest BCUT2D eigenvalue weighted by molar-refractivity contribution is -0.145. The molecule has 2 aromatic rings. The maximum atomic E-state index is 12.7. The quantitative estimate of drug-likeness (QED) is 0.914. The van der Waals surface area contributed by atoms with Crippen molar-refractivity contribution in [1.82, 2.24) is 14.9 Å². The maximum absolute atomic E-state index is 12.7. The van der Waals surface area contributed by atoms with Gasteiger partial charge in [0, 0.05) is 26.1 Å². The van der Waals surface area contributed by atoms with E-state index in [0.29, 0.717) is 25.1 Å². The second-order valence-corrected chi connectivity index (χ2v) is 5.61. The SMILES string of the molecule is N#Cc1ccc(CN2CCc3nc(C(F)(F)F)[nH]c(=O)c3C2)cc1. The Hall–Kier alpha value is -2.66. The molecule has 3 rings (SSSR count). The van der Waals surface area contributed by atoms with Crippen LogP contribution in [0.25, 0.3) is 0 Å². The van der Waals surface area contributed by atoms with Crippen LogP contribution in [0.2, 0.25) is 0 Å². The third-order valence-corrected chi connectivity index (χ3v) is 3.91. The van der Waals surface area contributed by atoms with E-state index in [1.165, 1.54) is 0 Å². The van der Waals surface area contributed by atoms with Crippen molar-refractivity contribution in [2.24, 2.45) is 0 Å². The zero-order valence-corrected chi connectivity index (χ0v) is 12.5. The highest BCUT2D eigenvalue weighted by Gasteiger charge is 2.35. The van der Waals surface area contributed by atoms with Gasteiger partial charge in [-0.25, -0.2) is 4.98 Å². The van der Waals surface area contributed by atoms with Gasteiger partial charge in [-0.2, -0.15) is 18.4 Å². The van der Waals surface area contributed by atoms with Crippen molar-refractivity contribution in [1.29, 1.82) is 5.26 Å². The van der Waals surface area contributed by atoms with Crippen LogP contribution in [0.15, 0.2) is 29.1 Å². The van der Waals surface area contributed by atoms with E-state index in [4.69, 9.17) is 5.26 Å². The van der Waals surface area contributed by atoms with Gasteiger partial charge in [-0.15, -0.1) is 0 Å². The number of hydrogen-bond acceptors (Lipinski definition) is 4. The van der Waals surface area contributed by atoms with Gasteiger partial charge in [-0.05, 0) is 17.7 Å². The molecular weight excluding hydrogens is 321 g/mol. The average molecular weight is 334 g/mol. The molecule has 2 heterocycles. The first-order chi connectivity index (χ1) is 11.4. The molecule has 0 fully saturated rings. The molecule has 0 unspecified atom stereocenters. The third-order valence-electron chi connectivity index (χ3n) is 3.91. The predicted molar refractivity (Wildman–Crippen MR) is 78.8 cm³/mol. The van der Waals surface area contributed by atoms with Gasteiger partial charge < -0.3 is 4.98 Å². The molecule has 1 aliphatic rings. The first kappa shape index (κ1) is 16.2. The molecule has 8 heteroatoms. The van der Waals surface area contributed by atoms with E-state index in [0.717, 1.165) is 5.56 Å². The monoisotopic (exact) mass is 334 g/mol. The summed E-state index contributed by atoms with van der Waals surface area (Å²) in [5.41, 5.74) is 1.28. The van der Waals surface area contributed by atoms with Crippen LogP contribution in [0.1, 0.15) is 28.2 Å². The number of alkyl halides is 3. The Morgan fingerprint density at radius 2 is 2.00 bits per heavy atom. The van der Waals surface area contributed by atoms with Gasteiger partial charge in [0.1, 0.15) is 0 Å². The predicted octanol–water partition coefficient (Wildman–Crippen LogP) is 2.22. The number of halogens is 3. The first-order valence-electron chi connectivity index (χ1n) is 7.27. The van der Waals surface area contributed by atoms with E-state index in [-0.39, 0.29) is 17.8 Å².